The molecule has 1 aromatic heterocycles. The second kappa shape index (κ2) is 7.80. The molecule has 0 aliphatic heterocycles. The van der Waals surface area contributed by atoms with Gasteiger partial charge < -0.3 is 10.6 Å². The minimum Gasteiger partial charge on any atom is -0.345 e. The summed E-state index contributed by atoms with van der Waals surface area (Å²) in [6, 6.07) is 6.00. The third-order valence-electron chi connectivity index (χ3n) is 6.33. The Bertz CT molecular complexity index is 1020. The van der Waals surface area contributed by atoms with E-state index in [1.165, 1.54) is 16.7 Å². The molecule has 2 aliphatic carbocycles. The number of aromatic amines is 1. The van der Waals surface area contributed by atoms with Gasteiger partial charge in [-0.25, -0.2) is 0 Å². The van der Waals surface area contributed by atoms with Crippen molar-refractivity contribution in [3.63, 3.8) is 0 Å². The Labute approximate surface area is 177 Å². The number of nitrogens with zero attached hydrogens (tertiary/aromatic N) is 4. The first kappa shape index (κ1) is 20.5. The molecule has 7 heteroatoms. The van der Waals surface area contributed by atoms with E-state index in [0.29, 0.717) is 17.8 Å². The van der Waals surface area contributed by atoms with Crippen LogP contribution in [-0.2, 0) is 11.8 Å². The first-order valence-electron chi connectivity index (χ1n) is 10.6. The van der Waals surface area contributed by atoms with E-state index in [9.17, 15) is 4.79 Å². The number of H-pyrrole nitrogens is 1. The predicted octanol–water partition coefficient (Wildman–Crippen LogP) is 2.91. The van der Waals surface area contributed by atoms with Gasteiger partial charge in [0.2, 0.25) is 0 Å². The van der Waals surface area contributed by atoms with Crippen LogP contribution < -0.4 is 5.73 Å². The number of carbonyl (C=O) groups is 1. The molecule has 0 saturated carbocycles. The molecule has 158 valence electrons. The number of aromatic nitrogens is 4. The molecule has 0 radical (unpaired) electrons. The maximum absolute atomic E-state index is 12.6. The Balaban J connectivity index is 2.00. The Hall–Kier alpha value is -2.80. The van der Waals surface area contributed by atoms with Crippen LogP contribution in [0.5, 0.6) is 0 Å². The zero-order valence-electron chi connectivity index (χ0n) is 18.2. The maximum Gasteiger partial charge on any atom is 0.253 e. The number of hydrogen-bond donors (Lipinski definition) is 2. The van der Waals surface area contributed by atoms with E-state index in [1.54, 1.807) is 19.0 Å². The van der Waals surface area contributed by atoms with Crippen LogP contribution in [0.4, 0.5) is 0 Å². The van der Waals surface area contributed by atoms with Gasteiger partial charge in [0.05, 0.1) is 5.41 Å². The van der Waals surface area contributed by atoms with E-state index >= 15 is 0 Å². The average molecular weight is 407 g/mol. The fraction of sp³-hybridized carbons (Fsp3) is 0.478. The van der Waals surface area contributed by atoms with E-state index in [4.69, 9.17) is 5.73 Å². The Morgan fingerprint density at radius 1 is 1.27 bits per heavy atom. The number of carbonyl (C=O) groups excluding carboxylic acids is 1. The van der Waals surface area contributed by atoms with Gasteiger partial charge in [-0.05, 0) is 80.4 Å². The molecule has 0 fully saturated rings. The predicted molar refractivity (Wildman–Crippen MR) is 116 cm³/mol. The summed E-state index contributed by atoms with van der Waals surface area (Å²) in [6.45, 7) is 4.22. The molecule has 1 heterocycles. The number of fused-ring (bicyclic) bond motifs is 1. The van der Waals surface area contributed by atoms with Gasteiger partial charge in [0.25, 0.3) is 5.91 Å². The fourth-order valence-corrected chi connectivity index (χ4v) is 5.10. The van der Waals surface area contributed by atoms with Crippen molar-refractivity contribution < 1.29 is 4.79 Å². The third-order valence-corrected chi connectivity index (χ3v) is 6.33. The highest BCUT2D eigenvalue weighted by Gasteiger charge is 2.46. The molecule has 0 saturated heterocycles. The summed E-state index contributed by atoms with van der Waals surface area (Å²) in [7, 11) is 3.56. The summed E-state index contributed by atoms with van der Waals surface area (Å²) >= 11 is 0. The van der Waals surface area contributed by atoms with E-state index in [-0.39, 0.29) is 11.9 Å². The highest BCUT2D eigenvalue weighted by molar-refractivity contribution is 5.94. The maximum atomic E-state index is 12.6. The molecule has 2 atom stereocenters. The standard InChI is InChI=1S/C23H30N6O/c1-14-5-9-19-16(11-14)6-7-17-12-18(21(30)29(3)4)8-10-20(17)23(19,13-15(2)24)22-25-27-28-26-22/h8,10-12,15H,5-7,9,13,24H2,1-4H3,(H,25,26,27,28)/t15-,23?/m1/s1. The van der Waals surface area contributed by atoms with Crippen LogP contribution in [0.1, 0.15) is 66.8 Å². The molecule has 1 amide bonds. The zero-order valence-corrected chi connectivity index (χ0v) is 18.2. The first-order valence-corrected chi connectivity index (χ1v) is 10.6. The molecule has 0 bridgehead atoms. The highest BCUT2D eigenvalue weighted by Crippen LogP contribution is 2.50. The van der Waals surface area contributed by atoms with Crippen LogP contribution >= 0.6 is 0 Å². The minimum absolute atomic E-state index is 0.00728. The molecule has 0 spiro atoms. The fourth-order valence-electron chi connectivity index (χ4n) is 5.10. The Morgan fingerprint density at radius 2 is 2.07 bits per heavy atom. The highest BCUT2D eigenvalue weighted by atomic mass is 16.2. The van der Waals surface area contributed by atoms with Gasteiger partial charge in [-0.2, -0.15) is 5.21 Å². The van der Waals surface area contributed by atoms with Crippen LogP contribution in [0, 0.1) is 0 Å². The van der Waals surface area contributed by atoms with Crippen LogP contribution in [-0.4, -0.2) is 51.6 Å². The van der Waals surface area contributed by atoms with E-state index < -0.39 is 5.41 Å². The summed E-state index contributed by atoms with van der Waals surface area (Å²) in [5, 5.41) is 15.5. The molecule has 3 N–H and O–H groups in total. The van der Waals surface area contributed by atoms with Gasteiger partial charge in [-0.3, -0.25) is 4.79 Å². The molecular weight excluding hydrogens is 376 g/mol. The van der Waals surface area contributed by atoms with Gasteiger partial charge in [0.1, 0.15) is 0 Å². The van der Waals surface area contributed by atoms with Crippen molar-refractivity contribution in [3.8, 4) is 0 Å². The summed E-state index contributed by atoms with van der Waals surface area (Å²) < 4.78 is 0. The number of allylic oxidation sites excluding steroid dienone is 4. The zero-order chi connectivity index (χ0) is 21.5. The van der Waals surface area contributed by atoms with Gasteiger partial charge in [0.15, 0.2) is 5.82 Å². The molecule has 1 unspecified atom stereocenters. The lowest BCUT2D eigenvalue weighted by Crippen LogP contribution is -2.39. The topological polar surface area (TPSA) is 101 Å². The second-order valence-electron chi connectivity index (χ2n) is 8.89. The lowest BCUT2D eigenvalue weighted by molar-refractivity contribution is 0.0827. The monoisotopic (exact) mass is 406 g/mol. The van der Waals surface area contributed by atoms with Crippen LogP contribution in [0.15, 0.2) is 41.0 Å². The van der Waals surface area contributed by atoms with Crippen LogP contribution in [0.2, 0.25) is 0 Å². The molecule has 4 rings (SSSR count). The van der Waals surface area contributed by atoms with Gasteiger partial charge >= 0.3 is 0 Å². The molecule has 7 nitrogen and oxygen atoms in total. The minimum atomic E-state index is -0.542. The van der Waals surface area contributed by atoms with Gasteiger partial charge in [0, 0.05) is 25.7 Å². The molecular formula is C23H30N6O. The summed E-state index contributed by atoms with van der Waals surface area (Å²) in [4.78, 5) is 14.2. The largest absolute Gasteiger partial charge is 0.345 e. The van der Waals surface area contributed by atoms with Crippen molar-refractivity contribution in [2.75, 3.05) is 14.1 Å². The van der Waals surface area contributed by atoms with Crippen LogP contribution in [0.3, 0.4) is 0 Å². The summed E-state index contributed by atoms with van der Waals surface area (Å²) in [5.74, 6) is 0.669. The van der Waals surface area contributed by atoms with Crippen molar-refractivity contribution in [1.29, 1.82) is 0 Å². The van der Waals surface area contributed by atoms with E-state index in [2.05, 4.69) is 39.7 Å². The Morgan fingerprint density at radius 3 is 2.73 bits per heavy atom. The number of tetrazole rings is 1. The van der Waals surface area contributed by atoms with Crippen molar-refractivity contribution >= 4 is 5.91 Å². The Kier molecular flexibility index (Phi) is 5.32. The summed E-state index contributed by atoms with van der Waals surface area (Å²) in [6.07, 6.45) is 6.78. The van der Waals surface area contributed by atoms with Crippen molar-refractivity contribution in [3.05, 3.63) is 63.5 Å². The number of hydrogen-bond acceptors (Lipinski definition) is 5. The quantitative estimate of drug-likeness (QED) is 0.813. The normalized spacial score (nSPS) is 22.0. The molecule has 1 aromatic carbocycles. The smallest absolute Gasteiger partial charge is 0.253 e. The van der Waals surface area contributed by atoms with Gasteiger partial charge in [-0.15, -0.1) is 10.2 Å². The molecule has 2 aromatic rings. The van der Waals surface area contributed by atoms with E-state index in [1.807, 2.05) is 19.1 Å². The third kappa shape index (κ3) is 3.37. The summed E-state index contributed by atoms with van der Waals surface area (Å²) in [5.41, 5.74) is 13.0. The van der Waals surface area contributed by atoms with Crippen LogP contribution in [0.25, 0.3) is 0 Å². The number of amides is 1. The number of aryl methyl sites for hydroxylation is 1. The van der Waals surface area contributed by atoms with Gasteiger partial charge in [-0.1, -0.05) is 22.9 Å². The number of benzene rings is 1. The first-order chi connectivity index (χ1) is 14.3. The second-order valence-corrected chi connectivity index (χ2v) is 8.89. The average Bonchev–Trinajstić information content (AvgIpc) is 3.21. The van der Waals surface area contributed by atoms with Crippen molar-refractivity contribution in [2.45, 2.75) is 57.4 Å². The lowest BCUT2D eigenvalue weighted by atomic mass is 9.65. The number of rotatable bonds is 4. The van der Waals surface area contributed by atoms with Crippen molar-refractivity contribution in [2.24, 2.45) is 5.73 Å². The molecule has 30 heavy (non-hydrogen) atoms. The van der Waals surface area contributed by atoms with Crippen molar-refractivity contribution in [1.82, 2.24) is 25.5 Å². The number of nitrogens with two attached hydrogens (primary N) is 1. The van der Waals surface area contributed by atoms with E-state index in [0.717, 1.165) is 36.8 Å². The number of nitrogens with one attached hydrogen (secondary N) is 1. The SMILES string of the molecule is CC1=CC2=C(CC1)C(C[C@@H](C)N)(c1nn[nH]n1)c1ccc(C(=O)N(C)C)cc1CC2. The lowest BCUT2D eigenvalue weighted by Gasteiger charge is -2.38. The molecule has 2 aliphatic rings.